The van der Waals surface area contributed by atoms with Gasteiger partial charge in [-0.25, -0.2) is 4.39 Å². The number of carbonyl (C=O) groups is 1. The van der Waals surface area contributed by atoms with Gasteiger partial charge in [0, 0.05) is 22.7 Å². The van der Waals surface area contributed by atoms with Gasteiger partial charge in [0.1, 0.15) is 12.4 Å². The van der Waals surface area contributed by atoms with E-state index in [1.807, 2.05) is 0 Å². The first kappa shape index (κ1) is 24.0. The van der Waals surface area contributed by atoms with Crippen molar-refractivity contribution in [2.45, 2.75) is 24.1 Å². The highest BCUT2D eigenvalue weighted by Crippen LogP contribution is 2.53. The second-order valence-corrected chi connectivity index (χ2v) is 9.34. The fourth-order valence-electron chi connectivity index (χ4n) is 5.41. The molecule has 5 rings (SSSR count). The van der Waals surface area contributed by atoms with Gasteiger partial charge in [0.15, 0.2) is 17.0 Å². The van der Waals surface area contributed by atoms with Crippen molar-refractivity contribution in [3.05, 3.63) is 98.3 Å². The zero-order valence-electron chi connectivity index (χ0n) is 19.5. The summed E-state index contributed by atoms with van der Waals surface area (Å²) in [7, 11) is 3.17. The average molecular weight is 512 g/mol. The summed E-state index contributed by atoms with van der Waals surface area (Å²) in [6, 6.07) is 14.9. The van der Waals surface area contributed by atoms with Gasteiger partial charge < -0.3 is 14.8 Å². The van der Waals surface area contributed by atoms with E-state index in [9.17, 15) is 19.3 Å². The molecule has 2 aliphatic heterocycles. The van der Waals surface area contributed by atoms with Crippen LogP contribution in [-0.2, 0) is 16.9 Å². The molecule has 2 aliphatic rings. The smallest absolute Gasteiger partial charge is 0.256 e. The number of hydrogen-bond acceptors (Lipinski definition) is 6. The van der Waals surface area contributed by atoms with E-state index in [1.165, 1.54) is 19.2 Å². The fourth-order valence-corrected chi connectivity index (χ4v) is 5.68. The topological polar surface area (TPSA) is 93.9 Å². The maximum absolute atomic E-state index is 13.3. The number of nitrogens with one attached hydrogen (secondary N) is 1. The number of rotatable bonds is 6. The SMILES string of the molecule is COc1cc([C@@H]2CN(C)[C@]3(C(=O)Nc4ccccc43)[C@@H]2[N+](=O)[O-])cc(Cl)c1OCc1ccc(F)cc1. The van der Waals surface area contributed by atoms with Gasteiger partial charge in [-0.2, -0.15) is 0 Å². The maximum atomic E-state index is 13.3. The second kappa shape index (κ2) is 9.07. The molecule has 36 heavy (non-hydrogen) atoms. The molecule has 10 heteroatoms. The van der Waals surface area contributed by atoms with Gasteiger partial charge in [-0.3, -0.25) is 19.8 Å². The Kier molecular flexibility index (Phi) is 6.05. The van der Waals surface area contributed by atoms with E-state index >= 15 is 0 Å². The van der Waals surface area contributed by atoms with Crippen molar-refractivity contribution in [1.29, 1.82) is 0 Å². The molecule has 0 unspecified atom stereocenters. The van der Waals surface area contributed by atoms with Crippen LogP contribution in [0.4, 0.5) is 10.1 Å². The number of nitrogens with zero attached hydrogens (tertiary/aromatic N) is 2. The third-order valence-electron chi connectivity index (χ3n) is 7.02. The van der Waals surface area contributed by atoms with Crippen LogP contribution in [0.5, 0.6) is 11.5 Å². The van der Waals surface area contributed by atoms with E-state index < -0.39 is 23.4 Å². The predicted molar refractivity (Wildman–Crippen MR) is 132 cm³/mol. The van der Waals surface area contributed by atoms with Crippen molar-refractivity contribution in [2.75, 3.05) is 26.0 Å². The number of halogens is 2. The van der Waals surface area contributed by atoms with Gasteiger partial charge in [0.25, 0.3) is 11.9 Å². The van der Waals surface area contributed by atoms with E-state index in [0.717, 1.165) is 5.56 Å². The quantitative estimate of drug-likeness (QED) is 0.384. The predicted octanol–water partition coefficient (Wildman–Crippen LogP) is 4.59. The van der Waals surface area contributed by atoms with Crippen molar-refractivity contribution in [1.82, 2.24) is 4.90 Å². The number of likely N-dealkylation sites (tertiary alicyclic amines) is 1. The van der Waals surface area contributed by atoms with Gasteiger partial charge in [-0.05, 0) is 48.5 Å². The number of ether oxygens (including phenoxy) is 2. The highest BCUT2D eigenvalue weighted by molar-refractivity contribution is 6.32. The highest BCUT2D eigenvalue weighted by Gasteiger charge is 2.68. The van der Waals surface area contributed by atoms with E-state index in [2.05, 4.69) is 5.32 Å². The monoisotopic (exact) mass is 511 g/mol. The number of anilines is 1. The van der Waals surface area contributed by atoms with Gasteiger partial charge in [0.2, 0.25) is 0 Å². The standard InChI is InChI=1S/C26H23ClFN3O5/c1-30-13-18(24(31(33)34)26(30)19-5-3-4-6-21(19)29-25(26)32)16-11-20(27)23(22(12-16)35-2)36-14-15-7-9-17(28)10-8-15/h3-12,18,24H,13-14H2,1-2H3,(H,29,32)/t18-,24+,26-/m0/s1. The summed E-state index contributed by atoms with van der Waals surface area (Å²) < 4.78 is 24.6. The third-order valence-corrected chi connectivity index (χ3v) is 7.30. The number of para-hydroxylation sites is 1. The highest BCUT2D eigenvalue weighted by atomic mass is 35.5. The number of nitro groups is 1. The molecule has 8 nitrogen and oxygen atoms in total. The van der Waals surface area contributed by atoms with Gasteiger partial charge in [0.05, 0.1) is 18.1 Å². The Labute approximate surface area is 211 Å². The molecule has 3 aromatic carbocycles. The number of carbonyl (C=O) groups excluding carboxylic acids is 1. The molecule has 3 aromatic rings. The largest absolute Gasteiger partial charge is 0.493 e. The van der Waals surface area contributed by atoms with Crippen molar-refractivity contribution >= 4 is 23.2 Å². The van der Waals surface area contributed by atoms with Gasteiger partial charge in [-0.15, -0.1) is 0 Å². The number of benzene rings is 3. The van der Waals surface area contributed by atoms with Gasteiger partial charge >= 0.3 is 0 Å². The van der Waals surface area contributed by atoms with E-state index in [1.54, 1.807) is 60.5 Å². The van der Waals surface area contributed by atoms with Gasteiger partial charge in [-0.1, -0.05) is 41.9 Å². The van der Waals surface area contributed by atoms with Crippen molar-refractivity contribution in [3.8, 4) is 11.5 Å². The van der Waals surface area contributed by atoms with Crippen LogP contribution >= 0.6 is 11.6 Å². The van der Waals surface area contributed by atoms with Crippen LogP contribution in [0.25, 0.3) is 0 Å². The molecule has 186 valence electrons. The summed E-state index contributed by atoms with van der Waals surface area (Å²) in [5.41, 5.74) is 0.995. The Balaban J connectivity index is 1.52. The van der Waals surface area contributed by atoms with Crippen molar-refractivity contribution in [2.24, 2.45) is 0 Å². The van der Waals surface area contributed by atoms with Crippen LogP contribution < -0.4 is 14.8 Å². The van der Waals surface area contributed by atoms with Crippen LogP contribution in [0.1, 0.15) is 22.6 Å². The summed E-state index contributed by atoms with van der Waals surface area (Å²) >= 11 is 6.58. The molecule has 1 amide bonds. The zero-order valence-corrected chi connectivity index (χ0v) is 20.3. The molecular formula is C26H23ClFN3O5. The molecule has 0 aromatic heterocycles. The van der Waals surface area contributed by atoms with E-state index in [-0.39, 0.29) is 34.7 Å². The summed E-state index contributed by atoms with van der Waals surface area (Å²) in [4.78, 5) is 27.2. The summed E-state index contributed by atoms with van der Waals surface area (Å²) in [6.45, 7) is 0.377. The Morgan fingerprint density at radius 1 is 1.22 bits per heavy atom. The first-order chi connectivity index (χ1) is 17.3. The Hall–Kier alpha value is -3.69. The first-order valence-corrected chi connectivity index (χ1v) is 11.7. The molecular weight excluding hydrogens is 489 g/mol. The van der Waals surface area contributed by atoms with Crippen LogP contribution in [0, 0.1) is 15.9 Å². The number of amides is 1. The van der Waals surface area contributed by atoms with Crippen LogP contribution in [0.2, 0.25) is 5.02 Å². The number of methoxy groups -OCH3 is 1. The second-order valence-electron chi connectivity index (χ2n) is 8.93. The Morgan fingerprint density at radius 3 is 2.64 bits per heavy atom. The Bertz CT molecular complexity index is 1350. The zero-order chi connectivity index (χ0) is 25.6. The minimum absolute atomic E-state index is 0.124. The number of hydrogen-bond donors (Lipinski definition) is 1. The molecule has 0 saturated carbocycles. The molecule has 0 radical (unpaired) electrons. The molecule has 1 fully saturated rings. The van der Waals surface area contributed by atoms with Crippen LogP contribution in [0.3, 0.4) is 0 Å². The molecule has 0 bridgehead atoms. The van der Waals surface area contributed by atoms with E-state index in [0.29, 0.717) is 22.6 Å². The maximum Gasteiger partial charge on any atom is 0.256 e. The molecule has 2 heterocycles. The summed E-state index contributed by atoms with van der Waals surface area (Å²) in [6.07, 6.45) is 0. The fraction of sp³-hybridized carbons (Fsp3) is 0.269. The molecule has 1 N–H and O–H groups in total. The lowest BCUT2D eigenvalue weighted by Crippen LogP contribution is -2.54. The molecule has 1 saturated heterocycles. The summed E-state index contributed by atoms with van der Waals surface area (Å²) in [5.74, 6) is -0.847. The average Bonchev–Trinajstić information content (AvgIpc) is 3.33. The Morgan fingerprint density at radius 2 is 1.94 bits per heavy atom. The molecule has 1 spiro atoms. The normalized spacial score (nSPS) is 22.9. The third kappa shape index (κ3) is 3.66. The molecule has 3 atom stereocenters. The van der Waals surface area contributed by atoms with E-state index in [4.69, 9.17) is 21.1 Å². The van der Waals surface area contributed by atoms with Crippen molar-refractivity contribution in [3.63, 3.8) is 0 Å². The number of fused-ring (bicyclic) bond motifs is 2. The van der Waals surface area contributed by atoms with Crippen molar-refractivity contribution < 1.29 is 23.6 Å². The number of likely N-dealkylation sites (N-methyl/N-ethyl adjacent to an activating group) is 1. The minimum Gasteiger partial charge on any atom is -0.493 e. The van der Waals surface area contributed by atoms with Crippen LogP contribution in [-0.4, -0.2) is 42.5 Å². The summed E-state index contributed by atoms with van der Waals surface area (Å²) in [5, 5.41) is 15.6. The molecule has 0 aliphatic carbocycles. The minimum atomic E-state index is -1.46. The lowest BCUT2D eigenvalue weighted by atomic mass is 9.79. The lowest BCUT2D eigenvalue weighted by molar-refractivity contribution is -0.534. The first-order valence-electron chi connectivity index (χ1n) is 11.3. The lowest BCUT2D eigenvalue weighted by Gasteiger charge is -2.30. The van der Waals surface area contributed by atoms with Crippen LogP contribution in [0.15, 0.2) is 60.7 Å².